The van der Waals surface area contributed by atoms with E-state index in [1.807, 2.05) is 17.5 Å². The molecule has 0 fully saturated rings. The maximum atomic E-state index is 11.8. The van der Waals surface area contributed by atoms with Gasteiger partial charge in [0.15, 0.2) is 11.6 Å². The zero-order valence-electron chi connectivity index (χ0n) is 13.0. The van der Waals surface area contributed by atoms with E-state index in [2.05, 4.69) is 20.8 Å². The van der Waals surface area contributed by atoms with Gasteiger partial charge in [-0.05, 0) is 35.7 Å². The molecule has 0 radical (unpaired) electrons. The molecule has 3 rings (SSSR count). The molecular weight excluding hydrogens is 360 g/mol. The van der Waals surface area contributed by atoms with Gasteiger partial charge in [-0.2, -0.15) is 0 Å². The van der Waals surface area contributed by atoms with Gasteiger partial charge in [0, 0.05) is 4.88 Å². The van der Waals surface area contributed by atoms with Crippen LogP contribution < -0.4 is 10.6 Å². The third kappa shape index (κ3) is 5.16. The Balaban J connectivity index is 1.44. The highest BCUT2D eigenvalue weighted by molar-refractivity contribution is 7.99. The third-order valence-corrected chi connectivity index (χ3v) is 4.81. The summed E-state index contributed by atoms with van der Waals surface area (Å²) in [5.41, 5.74) is 0. The van der Waals surface area contributed by atoms with E-state index in [4.69, 9.17) is 4.42 Å². The second-order valence-electron chi connectivity index (χ2n) is 4.83. The van der Waals surface area contributed by atoms with Crippen LogP contribution >= 0.6 is 23.1 Å². The van der Waals surface area contributed by atoms with Gasteiger partial charge in [0.1, 0.15) is 5.03 Å². The fourth-order valence-corrected chi connectivity index (χ4v) is 3.13. The minimum absolute atomic E-state index is 0.0737. The highest BCUT2D eigenvalue weighted by Gasteiger charge is 2.10. The molecule has 0 saturated heterocycles. The van der Waals surface area contributed by atoms with Gasteiger partial charge in [-0.3, -0.25) is 9.59 Å². The van der Waals surface area contributed by atoms with E-state index < -0.39 is 5.91 Å². The Kier molecular flexibility index (Phi) is 5.81. The van der Waals surface area contributed by atoms with Gasteiger partial charge in [0.2, 0.25) is 5.91 Å². The molecule has 0 unspecified atom stereocenters. The summed E-state index contributed by atoms with van der Waals surface area (Å²) in [4.78, 5) is 24.7. The summed E-state index contributed by atoms with van der Waals surface area (Å²) in [6.45, 7) is 0.528. The molecule has 0 atom stereocenters. The van der Waals surface area contributed by atoms with Crippen LogP contribution in [0.15, 0.2) is 57.5 Å². The average molecular weight is 374 g/mol. The first-order valence-electron chi connectivity index (χ1n) is 7.31. The van der Waals surface area contributed by atoms with Gasteiger partial charge in [-0.25, -0.2) is 0 Å². The molecule has 2 N–H and O–H groups in total. The van der Waals surface area contributed by atoms with Gasteiger partial charge in [0.05, 0.1) is 18.6 Å². The van der Waals surface area contributed by atoms with Crippen LogP contribution in [-0.4, -0.2) is 27.8 Å². The number of nitrogens with zero attached hydrogens (tertiary/aromatic N) is 2. The van der Waals surface area contributed by atoms with Crippen LogP contribution in [0.3, 0.4) is 0 Å². The number of carbonyl (C=O) groups is 2. The second-order valence-corrected chi connectivity index (χ2v) is 6.86. The maximum absolute atomic E-state index is 11.8. The molecule has 0 aliphatic heterocycles. The number of rotatable bonds is 7. The fraction of sp³-hybridized carbons (Fsp3) is 0.125. The first-order valence-corrected chi connectivity index (χ1v) is 9.18. The minimum Gasteiger partial charge on any atom is -0.459 e. The number of amides is 2. The largest absolute Gasteiger partial charge is 0.459 e. The summed E-state index contributed by atoms with van der Waals surface area (Å²) in [6, 6.07) is 10.4. The van der Waals surface area contributed by atoms with Crippen LogP contribution in [0.25, 0.3) is 0 Å². The van der Waals surface area contributed by atoms with E-state index in [0.29, 0.717) is 17.4 Å². The van der Waals surface area contributed by atoms with Crippen molar-refractivity contribution in [1.82, 2.24) is 15.5 Å². The Morgan fingerprint density at radius 1 is 1.16 bits per heavy atom. The number of anilines is 1. The molecule has 2 amide bonds. The van der Waals surface area contributed by atoms with Gasteiger partial charge in [-0.1, -0.05) is 17.8 Å². The molecule has 9 heteroatoms. The van der Waals surface area contributed by atoms with E-state index in [-0.39, 0.29) is 17.4 Å². The summed E-state index contributed by atoms with van der Waals surface area (Å²) in [5, 5.41) is 15.9. The summed E-state index contributed by atoms with van der Waals surface area (Å²) in [6.07, 6.45) is 1.42. The molecule has 0 aromatic carbocycles. The molecule has 7 nitrogen and oxygen atoms in total. The Bertz CT molecular complexity index is 818. The van der Waals surface area contributed by atoms with Crippen LogP contribution in [0.2, 0.25) is 0 Å². The number of nitrogens with one attached hydrogen (secondary N) is 2. The standard InChI is InChI=1S/C16H14N4O3S2/c21-14(17-9-11-3-2-8-24-11)10-25-15-6-5-13(19-20-15)18-16(22)12-4-1-7-23-12/h1-8H,9-10H2,(H,17,21)(H,18,19,22). The molecule has 0 saturated carbocycles. The Morgan fingerprint density at radius 3 is 2.76 bits per heavy atom. The topological polar surface area (TPSA) is 97.1 Å². The van der Waals surface area contributed by atoms with E-state index in [1.165, 1.54) is 18.0 Å². The number of hydrogen-bond acceptors (Lipinski definition) is 7. The number of furan rings is 1. The van der Waals surface area contributed by atoms with E-state index in [1.54, 1.807) is 35.6 Å². The van der Waals surface area contributed by atoms with Crippen molar-refractivity contribution in [2.75, 3.05) is 11.1 Å². The van der Waals surface area contributed by atoms with E-state index in [9.17, 15) is 9.59 Å². The van der Waals surface area contributed by atoms with Crippen LogP contribution in [0.5, 0.6) is 0 Å². The molecule has 3 aromatic rings. The number of hydrogen-bond donors (Lipinski definition) is 2. The Morgan fingerprint density at radius 2 is 2.08 bits per heavy atom. The molecule has 0 aliphatic rings. The van der Waals surface area contributed by atoms with Crippen molar-refractivity contribution in [3.8, 4) is 0 Å². The predicted molar refractivity (Wildman–Crippen MR) is 95.6 cm³/mol. The summed E-state index contributed by atoms with van der Waals surface area (Å²) in [5.74, 6) is 0.289. The lowest BCUT2D eigenvalue weighted by molar-refractivity contribution is -0.118. The van der Waals surface area contributed by atoms with Gasteiger partial charge in [-0.15, -0.1) is 21.5 Å². The molecule has 0 bridgehead atoms. The lowest BCUT2D eigenvalue weighted by Crippen LogP contribution is -2.24. The van der Waals surface area contributed by atoms with Crippen molar-refractivity contribution in [2.45, 2.75) is 11.6 Å². The van der Waals surface area contributed by atoms with Crippen molar-refractivity contribution >= 4 is 40.7 Å². The number of thiophene rings is 1. The lowest BCUT2D eigenvalue weighted by atomic mass is 10.4. The molecule has 25 heavy (non-hydrogen) atoms. The highest BCUT2D eigenvalue weighted by atomic mass is 32.2. The van der Waals surface area contributed by atoms with Crippen LogP contribution in [0.1, 0.15) is 15.4 Å². The zero-order valence-corrected chi connectivity index (χ0v) is 14.6. The first-order chi connectivity index (χ1) is 12.2. The predicted octanol–water partition coefficient (Wildman–Crippen LogP) is 2.79. The smallest absolute Gasteiger partial charge is 0.292 e. The average Bonchev–Trinajstić information content (AvgIpc) is 3.33. The van der Waals surface area contributed by atoms with Crippen molar-refractivity contribution in [3.63, 3.8) is 0 Å². The highest BCUT2D eigenvalue weighted by Crippen LogP contribution is 2.16. The van der Waals surface area contributed by atoms with Crippen molar-refractivity contribution in [1.29, 1.82) is 0 Å². The Hall–Kier alpha value is -2.65. The molecule has 0 aliphatic carbocycles. The van der Waals surface area contributed by atoms with Gasteiger partial charge >= 0.3 is 0 Å². The van der Waals surface area contributed by atoms with E-state index in [0.717, 1.165) is 4.88 Å². The SMILES string of the molecule is O=C(CSc1ccc(NC(=O)c2ccco2)nn1)NCc1cccs1. The van der Waals surface area contributed by atoms with Crippen molar-refractivity contribution < 1.29 is 14.0 Å². The molecule has 3 heterocycles. The van der Waals surface area contributed by atoms with Crippen molar-refractivity contribution in [3.05, 3.63) is 58.7 Å². The summed E-state index contributed by atoms with van der Waals surface area (Å²) < 4.78 is 5.00. The zero-order chi connectivity index (χ0) is 17.5. The lowest BCUT2D eigenvalue weighted by Gasteiger charge is -2.04. The third-order valence-electron chi connectivity index (χ3n) is 3.02. The first kappa shape index (κ1) is 17.2. The Labute approximate surface area is 151 Å². The molecule has 128 valence electrons. The molecular formula is C16H14N4O3S2. The quantitative estimate of drug-likeness (QED) is 0.617. The number of carbonyl (C=O) groups excluding carboxylic acids is 2. The monoisotopic (exact) mass is 374 g/mol. The second kappa shape index (κ2) is 8.45. The summed E-state index contributed by atoms with van der Waals surface area (Å²) in [7, 11) is 0. The summed E-state index contributed by atoms with van der Waals surface area (Å²) >= 11 is 2.88. The normalized spacial score (nSPS) is 10.4. The van der Waals surface area contributed by atoms with Gasteiger partial charge < -0.3 is 15.1 Å². The van der Waals surface area contributed by atoms with Crippen LogP contribution in [-0.2, 0) is 11.3 Å². The molecule has 3 aromatic heterocycles. The minimum atomic E-state index is -0.396. The maximum Gasteiger partial charge on any atom is 0.292 e. The molecule has 0 spiro atoms. The fourth-order valence-electron chi connectivity index (χ4n) is 1.84. The van der Waals surface area contributed by atoms with Crippen molar-refractivity contribution in [2.24, 2.45) is 0 Å². The van der Waals surface area contributed by atoms with Crippen LogP contribution in [0.4, 0.5) is 5.82 Å². The number of thioether (sulfide) groups is 1. The number of aromatic nitrogens is 2. The van der Waals surface area contributed by atoms with E-state index >= 15 is 0 Å². The van der Waals surface area contributed by atoms with Gasteiger partial charge in [0.25, 0.3) is 5.91 Å². The van der Waals surface area contributed by atoms with Crippen LogP contribution in [0, 0.1) is 0 Å².